The summed E-state index contributed by atoms with van der Waals surface area (Å²) in [7, 11) is 0. The van der Waals surface area contributed by atoms with Crippen LogP contribution in [-0.4, -0.2) is 33.8 Å². The topological polar surface area (TPSA) is 62.3 Å². The number of carbonyl (C=O) groups is 2. The van der Waals surface area contributed by atoms with Gasteiger partial charge in [-0.3, -0.25) is 9.59 Å². The van der Waals surface area contributed by atoms with E-state index in [9.17, 15) is 14.0 Å². The molecule has 2 saturated carbocycles. The number of carbonyl (C=O) groups excluding carboxylic acids is 2. The fraction of sp³-hybridized carbons (Fsp3) is 0.320. The largest absolute Gasteiger partial charge is 0.349 e. The summed E-state index contributed by atoms with van der Waals surface area (Å²) in [4.78, 5) is 32.7. The Bertz CT molecular complexity index is 1150. The summed E-state index contributed by atoms with van der Waals surface area (Å²) < 4.78 is 13.3. The molecule has 0 unspecified atom stereocenters. The summed E-state index contributed by atoms with van der Waals surface area (Å²) in [6, 6.07) is 14.2. The molecule has 164 valence electrons. The number of hydrogen-bond donors (Lipinski definition) is 1. The van der Waals surface area contributed by atoms with Crippen LogP contribution in [0, 0.1) is 12.7 Å². The number of nitrogens with zero attached hydrogens (tertiary/aromatic N) is 2. The summed E-state index contributed by atoms with van der Waals surface area (Å²) >= 11 is 1.35. The highest BCUT2D eigenvalue weighted by atomic mass is 32.1. The quantitative estimate of drug-likeness (QED) is 0.555. The van der Waals surface area contributed by atoms with Gasteiger partial charge in [0.25, 0.3) is 11.8 Å². The van der Waals surface area contributed by atoms with Crippen molar-refractivity contribution < 1.29 is 14.0 Å². The lowest BCUT2D eigenvalue weighted by Crippen LogP contribution is -2.32. The van der Waals surface area contributed by atoms with E-state index >= 15 is 0 Å². The molecule has 3 aromatic rings. The molecule has 32 heavy (non-hydrogen) atoms. The van der Waals surface area contributed by atoms with Gasteiger partial charge in [0.1, 0.15) is 15.7 Å². The lowest BCUT2D eigenvalue weighted by atomic mass is 10.1. The van der Waals surface area contributed by atoms with Crippen LogP contribution in [0.25, 0.3) is 10.6 Å². The molecule has 5 nitrogen and oxygen atoms in total. The number of aryl methyl sites for hydroxylation is 1. The van der Waals surface area contributed by atoms with Crippen molar-refractivity contribution in [3.05, 3.63) is 76.0 Å². The van der Waals surface area contributed by atoms with E-state index in [-0.39, 0.29) is 23.7 Å². The first kappa shape index (κ1) is 20.8. The Morgan fingerprint density at radius 2 is 1.75 bits per heavy atom. The number of rotatable bonds is 7. The number of hydrogen-bond acceptors (Lipinski definition) is 4. The monoisotopic (exact) mass is 449 g/mol. The molecule has 1 heterocycles. The maximum atomic E-state index is 13.4. The van der Waals surface area contributed by atoms with Gasteiger partial charge < -0.3 is 10.2 Å². The Kier molecular flexibility index (Phi) is 5.51. The van der Waals surface area contributed by atoms with Gasteiger partial charge in [-0.25, -0.2) is 9.37 Å². The van der Waals surface area contributed by atoms with Crippen LogP contribution < -0.4 is 5.32 Å². The molecule has 0 saturated heterocycles. The molecule has 2 aromatic carbocycles. The van der Waals surface area contributed by atoms with Crippen molar-refractivity contribution in [3.63, 3.8) is 0 Å². The molecule has 1 N–H and O–H groups in total. The summed E-state index contributed by atoms with van der Waals surface area (Å²) in [6.07, 6.45) is 4.11. The zero-order chi connectivity index (χ0) is 22.2. The van der Waals surface area contributed by atoms with Crippen LogP contribution in [0.3, 0.4) is 0 Å². The van der Waals surface area contributed by atoms with Gasteiger partial charge in [0.15, 0.2) is 0 Å². The van der Waals surface area contributed by atoms with Gasteiger partial charge in [0.05, 0.1) is 5.69 Å². The van der Waals surface area contributed by atoms with Crippen LogP contribution in [0.5, 0.6) is 0 Å². The normalized spacial score (nSPS) is 15.4. The van der Waals surface area contributed by atoms with Crippen LogP contribution in [0.2, 0.25) is 0 Å². The molecule has 5 rings (SSSR count). The fourth-order valence-corrected chi connectivity index (χ4v) is 4.68. The van der Waals surface area contributed by atoms with E-state index in [0.717, 1.165) is 36.8 Å². The van der Waals surface area contributed by atoms with Gasteiger partial charge in [-0.1, -0.05) is 12.1 Å². The number of benzene rings is 2. The molecule has 0 atom stereocenters. The average molecular weight is 450 g/mol. The van der Waals surface area contributed by atoms with E-state index in [1.54, 1.807) is 12.1 Å². The lowest BCUT2D eigenvalue weighted by molar-refractivity contribution is 0.0733. The molecule has 0 spiro atoms. The van der Waals surface area contributed by atoms with Crippen molar-refractivity contribution in [2.45, 2.75) is 51.2 Å². The second kappa shape index (κ2) is 8.47. The molecule has 7 heteroatoms. The van der Waals surface area contributed by atoms with Crippen LogP contribution in [-0.2, 0) is 6.54 Å². The average Bonchev–Trinajstić information content (AvgIpc) is 3.72. The van der Waals surface area contributed by atoms with Gasteiger partial charge in [-0.05, 0) is 74.6 Å². The third-order valence-corrected chi connectivity index (χ3v) is 7.01. The summed E-state index contributed by atoms with van der Waals surface area (Å²) in [6.45, 7) is 2.34. The highest BCUT2D eigenvalue weighted by Crippen LogP contribution is 2.34. The van der Waals surface area contributed by atoms with Gasteiger partial charge in [0.2, 0.25) is 0 Å². The molecule has 0 radical (unpaired) electrons. The van der Waals surface area contributed by atoms with Gasteiger partial charge in [-0.2, -0.15) is 0 Å². The van der Waals surface area contributed by atoms with E-state index in [1.807, 2.05) is 36.1 Å². The van der Waals surface area contributed by atoms with Gasteiger partial charge >= 0.3 is 0 Å². The number of aromatic nitrogens is 1. The number of halogens is 1. The summed E-state index contributed by atoms with van der Waals surface area (Å²) in [5, 5.41) is 3.71. The van der Waals surface area contributed by atoms with Crippen LogP contribution >= 0.6 is 11.3 Å². The molecule has 2 amide bonds. The van der Waals surface area contributed by atoms with Crippen molar-refractivity contribution in [3.8, 4) is 10.6 Å². The minimum Gasteiger partial charge on any atom is -0.349 e. The Hall–Kier alpha value is -3.06. The maximum absolute atomic E-state index is 13.4. The third kappa shape index (κ3) is 4.58. The predicted molar refractivity (Wildman–Crippen MR) is 122 cm³/mol. The molecular formula is C25H24FN3O2S. The minimum absolute atomic E-state index is 0.0218. The first-order chi connectivity index (χ1) is 15.5. The Balaban J connectivity index is 1.32. The van der Waals surface area contributed by atoms with Crippen molar-refractivity contribution >= 4 is 23.2 Å². The Morgan fingerprint density at radius 3 is 2.38 bits per heavy atom. The highest BCUT2D eigenvalue weighted by molar-refractivity contribution is 7.17. The first-order valence-electron chi connectivity index (χ1n) is 10.9. The van der Waals surface area contributed by atoms with Crippen molar-refractivity contribution in [1.82, 2.24) is 15.2 Å². The zero-order valence-electron chi connectivity index (χ0n) is 17.8. The van der Waals surface area contributed by atoms with Crippen LogP contribution in [0.15, 0.2) is 48.5 Å². The van der Waals surface area contributed by atoms with E-state index in [1.165, 1.54) is 23.5 Å². The SMILES string of the molecule is Cc1nc(-c2ccc(F)cc2)sc1C(=O)N(Cc1ccc(C(=O)NC2CC2)cc1)C1CC1. The Labute approximate surface area is 190 Å². The summed E-state index contributed by atoms with van der Waals surface area (Å²) in [5.74, 6) is -0.358. The van der Waals surface area contributed by atoms with Crippen molar-refractivity contribution in [2.24, 2.45) is 0 Å². The number of thiazole rings is 1. The van der Waals surface area contributed by atoms with E-state index < -0.39 is 0 Å². The minimum atomic E-state index is -0.297. The highest BCUT2D eigenvalue weighted by Gasteiger charge is 2.34. The second-order valence-corrected chi connectivity index (χ2v) is 9.55. The molecule has 0 aliphatic heterocycles. The van der Waals surface area contributed by atoms with Gasteiger partial charge in [-0.15, -0.1) is 11.3 Å². The number of amides is 2. The molecular weight excluding hydrogens is 425 g/mol. The number of nitrogens with one attached hydrogen (secondary N) is 1. The second-order valence-electron chi connectivity index (χ2n) is 8.55. The van der Waals surface area contributed by atoms with Crippen molar-refractivity contribution in [2.75, 3.05) is 0 Å². The molecule has 2 fully saturated rings. The first-order valence-corrected chi connectivity index (χ1v) is 11.7. The smallest absolute Gasteiger partial charge is 0.266 e. The fourth-order valence-electron chi connectivity index (χ4n) is 3.65. The molecule has 1 aromatic heterocycles. The van der Waals surface area contributed by atoms with E-state index in [4.69, 9.17) is 0 Å². The van der Waals surface area contributed by atoms with Crippen LogP contribution in [0.1, 0.15) is 57.0 Å². The van der Waals surface area contributed by atoms with E-state index in [2.05, 4.69) is 10.3 Å². The molecule has 0 bridgehead atoms. The van der Waals surface area contributed by atoms with Gasteiger partial charge in [0, 0.05) is 29.8 Å². The Morgan fingerprint density at radius 1 is 1.06 bits per heavy atom. The lowest BCUT2D eigenvalue weighted by Gasteiger charge is -2.22. The maximum Gasteiger partial charge on any atom is 0.266 e. The standard InChI is InChI=1S/C25H24FN3O2S/c1-15-22(32-24(27-15)18-6-8-19(26)9-7-18)25(31)29(21-12-13-21)14-16-2-4-17(5-3-16)23(30)28-20-10-11-20/h2-9,20-21H,10-14H2,1H3,(H,28,30). The summed E-state index contributed by atoms with van der Waals surface area (Å²) in [5.41, 5.74) is 3.13. The van der Waals surface area contributed by atoms with Crippen LogP contribution in [0.4, 0.5) is 4.39 Å². The van der Waals surface area contributed by atoms with Crippen molar-refractivity contribution in [1.29, 1.82) is 0 Å². The molecule has 2 aliphatic rings. The predicted octanol–water partition coefficient (Wildman–Crippen LogP) is 4.95. The third-order valence-electron chi connectivity index (χ3n) is 5.81. The zero-order valence-corrected chi connectivity index (χ0v) is 18.6. The van der Waals surface area contributed by atoms with E-state index in [0.29, 0.717) is 33.7 Å². The molecule has 2 aliphatic carbocycles.